The number of phosphoric ester groups is 1. The predicted molar refractivity (Wildman–Crippen MR) is 134 cm³/mol. The third-order valence-electron chi connectivity index (χ3n) is 6.21. The summed E-state index contributed by atoms with van der Waals surface area (Å²) in [6.45, 7) is 9.44. The highest BCUT2D eigenvalue weighted by atomic mass is 31.2. The molecule has 0 aromatic carbocycles. The van der Waals surface area contributed by atoms with Crippen LogP contribution < -0.4 is 0 Å². The van der Waals surface area contributed by atoms with Crippen molar-refractivity contribution in [2.24, 2.45) is 0 Å². The summed E-state index contributed by atoms with van der Waals surface area (Å²) in [4.78, 5) is 9.74. The first-order valence-corrected chi connectivity index (χ1v) is 15.1. The Morgan fingerprint density at radius 2 is 1.06 bits per heavy atom. The lowest BCUT2D eigenvalue weighted by molar-refractivity contribution is -0.00475. The van der Waals surface area contributed by atoms with Gasteiger partial charge in [0.25, 0.3) is 0 Å². The van der Waals surface area contributed by atoms with Crippen LogP contribution >= 0.6 is 7.82 Å². The summed E-state index contributed by atoms with van der Waals surface area (Å²) < 4.78 is 28.3. The fourth-order valence-electron chi connectivity index (χ4n) is 4.35. The molecule has 0 saturated carbocycles. The maximum absolute atomic E-state index is 11.9. The molecule has 6 heteroatoms. The van der Waals surface area contributed by atoms with Crippen molar-refractivity contribution >= 4 is 7.82 Å². The van der Waals surface area contributed by atoms with E-state index in [-0.39, 0.29) is 17.8 Å². The molecule has 0 aliphatic carbocycles. The van der Waals surface area contributed by atoms with Gasteiger partial charge in [-0.2, -0.15) is 0 Å². The summed E-state index contributed by atoms with van der Waals surface area (Å²) in [6.07, 6.45) is 21.0. The normalized spacial score (nSPS) is 23.8. The zero-order valence-electron chi connectivity index (χ0n) is 21.6. The zero-order chi connectivity index (χ0) is 23.7. The quantitative estimate of drug-likeness (QED) is 0.141. The summed E-state index contributed by atoms with van der Waals surface area (Å²) in [5.41, 5.74) is -0.0105. The second kappa shape index (κ2) is 17.5. The van der Waals surface area contributed by atoms with Crippen LogP contribution in [0, 0.1) is 0 Å². The summed E-state index contributed by atoms with van der Waals surface area (Å²) in [7, 11) is -3.82. The number of ether oxygens (including phenoxy) is 1. The van der Waals surface area contributed by atoms with E-state index in [1.165, 1.54) is 89.9 Å². The Balaban J connectivity index is 1.98. The number of phosphoric acid groups is 1. The minimum absolute atomic E-state index is 0.0105. The van der Waals surface area contributed by atoms with Crippen molar-refractivity contribution < 1.29 is 23.2 Å². The van der Waals surface area contributed by atoms with Crippen LogP contribution in [0.5, 0.6) is 0 Å². The lowest BCUT2D eigenvalue weighted by Gasteiger charge is -2.19. The highest BCUT2D eigenvalue weighted by Crippen LogP contribution is 2.54. The van der Waals surface area contributed by atoms with E-state index in [0.717, 1.165) is 32.3 Å². The van der Waals surface area contributed by atoms with Gasteiger partial charge >= 0.3 is 7.82 Å². The van der Waals surface area contributed by atoms with Gasteiger partial charge in [0, 0.05) is 6.61 Å². The minimum atomic E-state index is -3.82. The van der Waals surface area contributed by atoms with Crippen molar-refractivity contribution in [1.29, 1.82) is 0 Å². The summed E-state index contributed by atoms with van der Waals surface area (Å²) >= 11 is 0. The Bertz CT molecular complexity index is 491. The third-order valence-corrected chi connectivity index (χ3v) is 7.29. The summed E-state index contributed by atoms with van der Waals surface area (Å²) in [5, 5.41) is 0. The van der Waals surface area contributed by atoms with Gasteiger partial charge in [0.05, 0.1) is 17.8 Å². The average Bonchev–Trinajstić information content (AvgIpc) is 3.00. The highest BCUT2D eigenvalue weighted by molar-refractivity contribution is 7.47. The van der Waals surface area contributed by atoms with Gasteiger partial charge in [-0.1, -0.05) is 103 Å². The molecule has 0 bridgehead atoms. The van der Waals surface area contributed by atoms with Crippen molar-refractivity contribution in [3.8, 4) is 0 Å². The van der Waals surface area contributed by atoms with Gasteiger partial charge in [0.1, 0.15) is 0 Å². The highest BCUT2D eigenvalue weighted by Gasteiger charge is 2.42. The minimum Gasteiger partial charge on any atom is -0.376 e. The van der Waals surface area contributed by atoms with E-state index >= 15 is 0 Å². The second-order valence-corrected chi connectivity index (χ2v) is 12.0. The van der Waals surface area contributed by atoms with Crippen molar-refractivity contribution in [3.63, 3.8) is 0 Å². The van der Waals surface area contributed by atoms with Gasteiger partial charge < -0.3 is 9.63 Å². The van der Waals surface area contributed by atoms with Crippen molar-refractivity contribution in [3.05, 3.63) is 0 Å². The third kappa shape index (κ3) is 16.6. The molecule has 5 nitrogen and oxygen atoms in total. The van der Waals surface area contributed by atoms with Gasteiger partial charge in [-0.15, -0.1) is 0 Å². The lowest BCUT2D eigenvalue weighted by atomic mass is 9.99. The van der Waals surface area contributed by atoms with E-state index < -0.39 is 7.82 Å². The Morgan fingerprint density at radius 3 is 1.47 bits per heavy atom. The molecule has 1 aliphatic rings. The standard InChI is InChI=1S/C26H53O5P/c1-5-6-7-8-15-18-21-24-25(31-32(27,28)30-24)22-19-16-13-11-9-10-12-14-17-20-23-29-26(2,3)4/h24-25H,5-23H2,1-4H3,(H,27,28). The molecule has 3 atom stereocenters. The Labute approximate surface area is 199 Å². The van der Waals surface area contributed by atoms with E-state index in [1.54, 1.807) is 0 Å². The van der Waals surface area contributed by atoms with Gasteiger partial charge in [-0.25, -0.2) is 4.57 Å². The van der Waals surface area contributed by atoms with Crippen LogP contribution in [0.4, 0.5) is 0 Å². The maximum atomic E-state index is 11.9. The van der Waals surface area contributed by atoms with Gasteiger partial charge in [0.15, 0.2) is 0 Å². The predicted octanol–water partition coefficient (Wildman–Crippen LogP) is 8.73. The zero-order valence-corrected chi connectivity index (χ0v) is 22.5. The van der Waals surface area contributed by atoms with Gasteiger partial charge in [0.2, 0.25) is 0 Å². The largest absolute Gasteiger partial charge is 0.472 e. The van der Waals surface area contributed by atoms with E-state index in [2.05, 4.69) is 27.7 Å². The van der Waals surface area contributed by atoms with Crippen LogP contribution in [0.3, 0.4) is 0 Å². The molecular weight excluding hydrogens is 423 g/mol. The number of rotatable bonds is 20. The fourth-order valence-corrected chi connectivity index (χ4v) is 5.56. The van der Waals surface area contributed by atoms with Crippen molar-refractivity contribution in [2.45, 2.75) is 161 Å². The summed E-state index contributed by atoms with van der Waals surface area (Å²) in [5.74, 6) is 0. The van der Waals surface area contributed by atoms with Crippen LogP contribution in [0.15, 0.2) is 0 Å². The first-order valence-electron chi connectivity index (χ1n) is 13.6. The summed E-state index contributed by atoms with van der Waals surface area (Å²) in [6, 6.07) is 0. The number of hydrogen-bond acceptors (Lipinski definition) is 4. The van der Waals surface area contributed by atoms with Crippen LogP contribution in [0.25, 0.3) is 0 Å². The molecule has 1 rings (SSSR count). The number of unbranched alkanes of at least 4 members (excludes halogenated alkanes) is 14. The molecule has 0 spiro atoms. The molecule has 3 unspecified atom stereocenters. The number of hydrogen-bond donors (Lipinski definition) is 1. The van der Waals surface area contributed by atoms with Gasteiger partial charge in [-0.3, -0.25) is 9.05 Å². The Morgan fingerprint density at radius 1 is 0.688 bits per heavy atom. The second-order valence-electron chi connectivity index (χ2n) is 10.6. The topological polar surface area (TPSA) is 65.0 Å². The van der Waals surface area contributed by atoms with E-state index in [4.69, 9.17) is 13.8 Å². The SMILES string of the molecule is CCCCCCCCC1OP(=O)(O)OC1CCCCCCCCCCCCOC(C)(C)C. The van der Waals surface area contributed by atoms with E-state index in [1.807, 2.05) is 0 Å². The van der Waals surface area contributed by atoms with Gasteiger partial charge in [-0.05, 0) is 40.0 Å². The molecular formula is C26H53O5P. The molecule has 0 amide bonds. The molecule has 0 aromatic rings. The first-order chi connectivity index (χ1) is 15.2. The molecule has 1 fully saturated rings. The van der Waals surface area contributed by atoms with Crippen LogP contribution in [-0.4, -0.2) is 29.3 Å². The maximum Gasteiger partial charge on any atom is 0.472 e. The molecule has 192 valence electrons. The van der Waals surface area contributed by atoms with Crippen LogP contribution in [0.2, 0.25) is 0 Å². The van der Waals surface area contributed by atoms with Crippen molar-refractivity contribution in [1.82, 2.24) is 0 Å². The van der Waals surface area contributed by atoms with Crippen LogP contribution in [0.1, 0.15) is 143 Å². The molecule has 1 saturated heterocycles. The molecule has 1 heterocycles. The molecule has 1 aliphatic heterocycles. The fraction of sp³-hybridized carbons (Fsp3) is 1.00. The first kappa shape index (κ1) is 30.1. The average molecular weight is 477 g/mol. The Kier molecular flexibility index (Phi) is 16.5. The Hall–Kier alpha value is 0.0700. The lowest BCUT2D eigenvalue weighted by Crippen LogP contribution is -2.22. The van der Waals surface area contributed by atoms with E-state index in [9.17, 15) is 9.46 Å². The van der Waals surface area contributed by atoms with E-state index in [0.29, 0.717) is 0 Å². The van der Waals surface area contributed by atoms with Crippen molar-refractivity contribution in [2.75, 3.05) is 6.61 Å². The monoisotopic (exact) mass is 476 g/mol. The smallest absolute Gasteiger partial charge is 0.376 e. The van der Waals surface area contributed by atoms with Crippen LogP contribution in [-0.2, 0) is 18.3 Å². The molecule has 0 radical (unpaired) electrons. The molecule has 1 N–H and O–H groups in total. The molecule has 0 aromatic heterocycles. The molecule has 32 heavy (non-hydrogen) atoms.